The molecule has 0 aromatic carbocycles. The van der Waals surface area contributed by atoms with Crippen LogP contribution in [0.4, 0.5) is 0 Å². The van der Waals surface area contributed by atoms with Crippen LogP contribution in [0.15, 0.2) is 0 Å². The lowest BCUT2D eigenvalue weighted by Crippen LogP contribution is -2.46. The number of hydrogen-bond acceptors (Lipinski definition) is 4. The molecule has 2 N–H and O–H groups in total. The van der Waals surface area contributed by atoms with Crippen molar-refractivity contribution in [2.45, 2.75) is 38.7 Å². The third kappa shape index (κ3) is 4.17. The average molecular weight is 284 g/mol. The smallest absolute Gasteiger partial charge is 0.251 e. The van der Waals surface area contributed by atoms with E-state index in [4.69, 9.17) is 15.2 Å². The normalized spacial score (nSPS) is 29.2. The van der Waals surface area contributed by atoms with Crippen LogP contribution in [0, 0.1) is 11.8 Å². The van der Waals surface area contributed by atoms with Crippen LogP contribution < -0.4 is 5.73 Å². The highest BCUT2D eigenvalue weighted by atomic mass is 16.5. The van der Waals surface area contributed by atoms with Crippen LogP contribution in [-0.4, -0.2) is 56.4 Å². The first-order chi connectivity index (χ1) is 9.72. The van der Waals surface area contributed by atoms with Crippen LogP contribution in [-0.2, 0) is 14.3 Å². The van der Waals surface area contributed by atoms with Crippen molar-refractivity contribution in [1.29, 1.82) is 0 Å². The lowest BCUT2D eigenvalue weighted by atomic mass is 9.80. The van der Waals surface area contributed by atoms with Crippen LogP contribution in [0.25, 0.3) is 0 Å². The summed E-state index contributed by atoms with van der Waals surface area (Å²) in [5, 5.41) is 0. The molecule has 0 spiro atoms. The van der Waals surface area contributed by atoms with Gasteiger partial charge in [0.2, 0.25) is 0 Å². The van der Waals surface area contributed by atoms with Crippen molar-refractivity contribution in [3.8, 4) is 0 Å². The number of nitrogens with zero attached hydrogens (tertiary/aromatic N) is 1. The van der Waals surface area contributed by atoms with Crippen molar-refractivity contribution in [2.75, 3.05) is 39.5 Å². The molecule has 1 saturated carbocycles. The van der Waals surface area contributed by atoms with Crippen molar-refractivity contribution >= 4 is 5.91 Å². The molecule has 1 heterocycles. The van der Waals surface area contributed by atoms with Crippen molar-refractivity contribution in [2.24, 2.45) is 17.6 Å². The summed E-state index contributed by atoms with van der Waals surface area (Å²) < 4.78 is 11.1. The van der Waals surface area contributed by atoms with Crippen molar-refractivity contribution in [3.05, 3.63) is 0 Å². The van der Waals surface area contributed by atoms with Gasteiger partial charge in [-0.05, 0) is 38.1 Å². The number of amides is 1. The molecular formula is C15H28N2O3. The second-order valence-corrected chi connectivity index (χ2v) is 5.95. The summed E-state index contributed by atoms with van der Waals surface area (Å²) in [6.07, 6.45) is 4.57. The molecule has 3 atom stereocenters. The van der Waals surface area contributed by atoms with Gasteiger partial charge >= 0.3 is 0 Å². The second kappa shape index (κ2) is 7.96. The Morgan fingerprint density at radius 2 is 1.95 bits per heavy atom. The summed E-state index contributed by atoms with van der Waals surface area (Å²) in [4.78, 5) is 14.1. The molecule has 20 heavy (non-hydrogen) atoms. The highest BCUT2D eigenvalue weighted by Gasteiger charge is 2.27. The van der Waals surface area contributed by atoms with Crippen LogP contribution in [0.5, 0.6) is 0 Å². The highest BCUT2D eigenvalue weighted by molar-refractivity contribution is 5.80. The summed E-state index contributed by atoms with van der Waals surface area (Å²) >= 11 is 0. The van der Waals surface area contributed by atoms with Gasteiger partial charge in [-0.1, -0.05) is 12.8 Å². The van der Waals surface area contributed by atoms with E-state index in [-0.39, 0.29) is 12.0 Å². The molecule has 1 aliphatic heterocycles. The first-order valence-corrected chi connectivity index (χ1v) is 7.90. The molecule has 3 unspecified atom stereocenters. The Labute approximate surface area is 121 Å². The van der Waals surface area contributed by atoms with E-state index in [1.54, 1.807) is 0 Å². The number of nitrogens with two attached hydrogens (primary N) is 1. The molecule has 0 aromatic rings. The van der Waals surface area contributed by atoms with Gasteiger partial charge < -0.3 is 20.1 Å². The summed E-state index contributed by atoms with van der Waals surface area (Å²) in [5.41, 5.74) is 5.83. The van der Waals surface area contributed by atoms with E-state index in [1.807, 2.05) is 11.8 Å². The maximum atomic E-state index is 12.2. The molecule has 116 valence electrons. The topological polar surface area (TPSA) is 64.8 Å². The lowest BCUT2D eigenvalue weighted by molar-refractivity contribution is -0.148. The van der Waals surface area contributed by atoms with Crippen molar-refractivity contribution in [1.82, 2.24) is 4.90 Å². The third-order valence-corrected chi connectivity index (χ3v) is 4.60. The van der Waals surface area contributed by atoms with Gasteiger partial charge in [0.1, 0.15) is 6.10 Å². The molecule has 5 heteroatoms. The van der Waals surface area contributed by atoms with Gasteiger partial charge in [-0.25, -0.2) is 0 Å². The average Bonchev–Trinajstić information content (AvgIpc) is 2.53. The Morgan fingerprint density at radius 1 is 1.30 bits per heavy atom. The van der Waals surface area contributed by atoms with Crippen LogP contribution in [0.1, 0.15) is 32.6 Å². The van der Waals surface area contributed by atoms with Gasteiger partial charge in [0.15, 0.2) is 0 Å². The Balaban J connectivity index is 1.75. The Bertz CT molecular complexity index is 305. The van der Waals surface area contributed by atoms with Crippen LogP contribution >= 0.6 is 0 Å². The van der Waals surface area contributed by atoms with E-state index in [0.717, 1.165) is 6.54 Å². The molecule has 1 aliphatic carbocycles. The molecule has 5 nitrogen and oxygen atoms in total. The minimum absolute atomic E-state index is 0.0911. The third-order valence-electron chi connectivity index (χ3n) is 4.60. The van der Waals surface area contributed by atoms with E-state index >= 15 is 0 Å². The van der Waals surface area contributed by atoms with Gasteiger partial charge in [-0.15, -0.1) is 0 Å². The van der Waals surface area contributed by atoms with Gasteiger partial charge in [0, 0.05) is 13.1 Å². The maximum Gasteiger partial charge on any atom is 0.251 e. The molecule has 1 saturated heterocycles. The molecule has 0 bridgehead atoms. The quantitative estimate of drug-likeness (QED) is 0.818. The number of carbonyl (C=O) groups is 1. The molecule has 0 radical (unpaired) electrons. The van der Waals surface area contributed by atoms with E-state index in [1.165, 1.54) is 25.7 Å². The minimum Gasteiger partial charge on any atom is -0.378 e. The summed E-state index contributed by atoms with van der Waals surface area (Å²) in [5.74, 6) is 1.18. The SMILES string of the molecule is CC(OCC1CCCCC1CN)C(=O)N1CCOCC1. The van der Waals surface area contributed by atoms with E-state index in [0.29, 0.717) is 44.7 Å². The predicted molar refractivity (Wildman–Crippen MR) is 77.3 cm³/mol. The predicted octanol–water partition coefficient (Wildman–Crippen LogP) is 1.02. The van der Waals surface area contributed by atoms with Crippen molar-refractivity contribution in [3.63, 3.8) is 0 Å². The van der Waals surface area contributed by atoms with Gasteiger partial charge in [-0.2, -0.15) is 0 Å². The summed E-state index contributed by atoms with van der Waals surface area (Å²) in [7, 11) is 0. The summed E-state index contributed by atoms with van der Waals surface area (Å²) in [6, 6.07) is 0. The van der Waals surface area contributed by atoms with Crippen LogP contribution in [0.3, 0.4) is 0 Å². The summed E-state index contributed by atoms with van der Waals surface area (Å²) in [6.45, 7) is 5.90. The van der Waals surface area contributed by atoms with E-state index in [9.17, 15) is 4.79 Å². The van der Waals surface area contributed by atoms with Gasteiger partial charge in [-0.3, -0.25) is 4.79 Å². The van der Waals surface area contributed by atoms with Crippen molar-refractivity contribution < 1.29 is 14.3 Å². The highest BCUT2D eigenvalue weighted by Crippen LogP contribution is 2.29. The Kier molecular flexibility index (Phi) is 6.26. The standard InChI is InChI=1S/C15H28N2O3/c1-12(15(18)17-6-8-19-9-7-17)20-11-14-5-3-2-4-13(14)10-16/h12-14H,2-11,16H2,1H3. The molecule has 2 aliphatic rings. The zero-order valence-corrected chi connectivity index (χ0v) is 12.6. The largest absolute Gasteiger partial charge is 0.378 e. The van der Waals surface area contributed by atoms with Crippen LogP contribution in [0.2, 0.25) is 0 Å². The second-order valence-electron chi connectivity index (χ2n) is 5.95. The fourth-order valence-corrected chi connectivity index (χ4v) is 3.19. The van der Waals surface area contributed by atoms with Gasteiger partial charge in [0.05, 0.1) is 19.8 Å². The first kappa shape index (κ1) is 15.7. The lowest BCUT2D eigenvalue weighted by Gasteiger charge is -2.33. The van der Waals surface area contributed by atoms with Gasteiger partial charge in [0.25, 0.3) is 5.91 Å². The Morgan fingerprint density at radius 3 is 2.60 bits per heavy atom. The zero-order chi connectivity index (χ0) is 14.4. The number of carbonyl (C=O) groups excluding carboxylic acids is 1. The fourth-order valence-electron chi connectivity index (χ4n) is 3.19. The Hall–Kier alpha value is -0.650. The minimum atomic E-state index is -0.353. The molecular weight excluding hydrogens is 256 g/mol. The number of rotatable bonds is 5. The molecule has 0 aromatic heterocycles. The maximum absolute atomic E-state index is 12.2. The fraction of sp³-hybridized carbons (Fsp3) is 0.933. The van der Waals surface area contributed by atoms with E-state index < -0.39 is 0 Å². The first-order valence-electron chi connectivity index (χ1n) is 7.90. The monoisotopic (exact) mass is 284 g/mol. The number of morpholine rings is 1. The number of ether oxygens (including phenoxy) is 2. The molecule has 1 amide bonds. The van der Waals surface area contributed by atoms with E-state index in [2.05, 4.69) is 0 Å². The molecule has 2 fully saturated rings. The number of hydrogen-bond donors (Lipinski definition) is 1. The zero-order valence-electron chi connectivity index (χ0n) is 12.6. The molecule has 2 rings (SSSR count).